The van der Waals surface area contributed by atoms with E-state index in [-0.39, 0.29) is 49.0 Å². The average Bonchev–Trinajstić information content (AvgIpc) is 3.74. The number of alkyl carbamates (subject to hydrolysis) is 1. The Hall–Kier alpha value is -5.52. The van der Waals surface area contributed by atoms with Gasteiger partial charge in [-0.3, -0.25) is 19.4 Å². The predicted molar refractivity (Wildman–Crippen MR) is 189 cm³/mol. The number of aliphatic imine (C=N–C) groups is 1. The molecule has 3 aromatic carbocycles. The molecule has 4 atom stereocenters. The van der Waals surface area contributed by atoms with Crippen molar-refractivity contribution in [3.05, 3.63) is 102 Å². The van der Waals surface area contributed by atoms with Gasteiger partial charge in [0.1, 0.15) is 18.2 Å². The summed E-state index contributed by atoms with van der Waals surface area (Å²) in [6, 6.07) is 24.3. The van der Waals surface area contributed by atoms with E-state index in [1.165, 1.54) is 0 Å². The first-order valence-corrected chi connectivity index (χ1v) is 17.0. The van der Waals surface area contributed by atoms with Crippen LogP contribution in [0.1, 0.15) is 60.8 Å². The van der Waals surface area contributed by atoms with Gasteiger partial charge in [0.05, 0.1) is 6.04 Å². The van der Waals surface area contributed by atoms with Crippen molar-refractivity contribution in [3.63, 3.8) is 0 Å². The van der Waals surface area contributed by atoms with Crippen LogP contribution < -0.4 is 16.8 Å². The van der Waals surface area contributed by atoms with Crippen molar-refractivity contribution in [2.75, 3.05) is 13.1 Å². The smallest absolute Gasteiger partial charge is 0.408 e. The van der Waals surface area contributed by atoms with E-state index in [1.807, 2.05) is 67.6 Å². The van der Waals surface area contributed by atoms with Crippen LogP contribution in [0.4, 0.5) is 4.79 Å². The molecule has 2 amide bonds. The van der Waals surface area contributed by atoms with Gasteiger partial charge in [0.25, 0.3) is 5.89 Å². The molecule has 0 bridgehead atoms. The largest absolute Gasteiger partial charge is 0.445 e. The first kappa shape index (κ1) is 35.8. The number of likely N-dealkylation sites (tertiary alicyclic amines) is 1. The summed E-state index contributed by atoms with van der Waals surface area (Å²) >= 11 is 0. The van der Waals surface area contributed by atoms with Gasteiger partial charge in [-0.15, -0.1) is 0 Å². The number of ether oxygens (including phenoxy) is 1. The normalized spacial score (nSPS) is 16.8. The number of amides is 2. The molecule has 5 N–H and O–H groups in total. The van der Waals surface area contributed by atoms with E-state index in [0.29, 0.717) is 49.7 Å². The number of hydrogen-bond acceptors (Lipinski definition) is 8. The molecule has 1 aromatic heterocycles. The minimum Gasteiger partial charge on any atom is -0.445 e. The van der Waals surface area contributed by atoms with Crippen molar-refractivity contribution in [2.24, 2.45) is 28.3 Å². The molecular formula is C38H44N6O6. The number of aromatic nitrogens is 1. The highest BCUT2D eigenvalue weighted by atomic mass is 16.5. The molecule has 2 heterocycles. The van der Waals surface area contributed by atoms with Crippen LogP contribution in [0, 0.1) is 11.8 Å². The zero-order chi connectivity index (χ0) is 35.5. The molecule has 4 aromatic rings. The molecule has 1 fully saturated rings. The number of carbonyl (C=O) groups is 4. The van der Waals surface area contributed by atoms with E-state index in [9.17, 15) is 19.2 Å². The van der Waals surface area contributed by atoms with Crippen LogP contribution in [0.3, 0.4) is 0 Å². The number of fused-ring (bicyclic) bond motifs is 1. The van der Waals surface area contributed by atoms with Crippen LogP contribution in [0.25, 0.3) is 11.1 Å². The van der Waals surface area contributed by atoms with Gasteiger partial charge >= 0.3 is 6.09 Å². The Bertz CT molecular complexity index is 1760. The van der Waals surface area contributed by atoms with Gasteiger partial charge in [-0.25, -0.2) is 9.78 Å². The lowest BCUT2D eigenvalue weighted by atomic mass is 9.87. The Labute approximate surface area is 291 Å². The van der Waals surface area contributed by atoms with Crippen molar-refractivity contribution in [2.45, 2.75) is 64.1 Å². The minimum absolute atomic E-state index is 0.0484. The molecule has 0 saturated carbocycles. The van der Waals surface area contributed by atoms with Crippen molar-refractivity contribution in [3.8, 4) is 0 Å². The second-order valence-corrected chi connectivity index (χ2v) is 12.7. The number of nitrogens with zero attached hydrogens (tertiary/aromatic N) is 3. The lowest BCUT2D eigenvalue weighted by Gasteiger charge is -2.30. The standard InChI is InChI=1S/C38H44N6O6/c1-25-20-22-44(36(47)30(19-18-26-11-4-2-5-12-26)43-38(48)49-24-27-13-6-3-7-14-27)33(25)31(45)23-28(15-10-21-41-37(39)40)34(46)35-42-29-16-8-9-17-32(29)50-35/h2-9,11-14,16-17,25,28,30,33H,10,15,18-24H2,1H3,(H,43,48)(H4,39,40,41)/t25-,28+,30+,33-/m0/s1. The third-order valence-corrected chi connectivity index (χ3v) is 9.01. The third-order valence-electron chi connectivity index (χ3n) is 9.01. The molecule has 1 aliphatic heterocycles. The number of para-hydroxylation sites is 2. The summed E-state index contributed by atoms with van der Waals surface area (Å²) in [4.78, 5) is 65.1. The third kappa shape index (κ3) is 9.55. The maximum atomic E-state index is 14.2. The Morgan fingerprint density at radius 2 is 1.64 bits per heavy atom. The summed E-state index contributed by atoms with van der Waals surface area (Å²) < 4.78 is 11.2. The topological polar surface area (TPSA) is 183 Å². The minimum atomic E-state index is -0.934. The zero-order valence-electron chi connectivity index (χ0n) is 28.2. The predicted octanol–water partition coefficient (Wildman–Crippen LogP) is 4.80. The van der Waals surface area contributed by atoms with Crippen LogP contribution in [-0.4, -0.2) is 64.6 Å². The molecule has 0 unspecified atom stereocenters. The molecule has 1 saturated heterocycles. The van der Waals surface area contributed by atoms with E-state index in [4.69, 9.17) is 20.6 Å². The van der Waals surface area contributed by atoms with Gasteiger partial charge in [-0.1, -0.05) is 79.7 Å². The second kappa shape index (κ2) is 17.2. The van der Waals surface area contributed by atoms with Crippen LogP contribution in [0.5, 0.6) is 0 Å². The summed E-state index contributed by atoms with van der Waals surface area (Å²) in [6.07, 6.45) is 1.33. The first-order valence-electron chi connectivity index (χ1n) is 17.0. The van der Waals surface area contributed by atoms with E-state index >= 15 is 0 Å². The molecule has 12 heteroatoms. The molecule has 1 aliphatic rings. The lowest BCUT2D eigenvalue weighted by molar-refractivity contribution is -0.140. The first-order chi connectivity index (χ1) is 24.2. The summed E-state index contributed by atoms with van der Waals surface area (Å²) in [6.45, 7) is 2.60. The molecule has 262 valence electrons. The highest BCUT2D eigenvalue weighted by Gasteiger charge is 2.43. The number of ketones is 2. The number of nitrogens with two attached hydrogens (primary N) is 2. The molecule has 12 nitrogen and oxygen atoms in total. The van der Waals surface area contributed by atoms with Crippen molar-refractivity contribution < 1.29 is 28.3 Å². The number of hydrogen-bond donors (Lipinski definition) is 3. The molecule has 50 heavy (non-hydrogen) atoms. The Morgan fingerprint density at radius 1 is 0.960 bits per heavy atom. The number of carbonyl (C=O) groups excluding carboxylic acids is 4. The molecular weight excluding hydrogens is 636 g/mol. The van der Waals surface area contributed by atoms with E-state index in [0.717, 1.165) is 11.1 Å². The Balaban J connectivity index is 1.32. The zero-order valence-corrected chi connectivity index (χ0v) is 28.2. The molecule has 5 rings (SSSR count). The monoisotopic (exact) mass is 680 g/mol. The number of Topliss-reactive ketones (excluding diaryl/α,β-unsaturated/α-hetero) is 2. The van der Waals surface area contributed by atoms with Crippen LogP contribution in [0.2, 0.25) is 0 Å². The molecule has 0 spiro atoms. The number of guanidine groups is 1. The van der Waals surface area contributed by atoms with Gasteiger partial charge in [-0.2, -0.15) is 0 Å². The summed E-state index contributed by atoms with van der Waals surface area (Å²) in [5.74, 6) is -2.06. The van der Waals surface area contributed by atoms with Crippen molar-refractivity contribution in [1.82, 2.24) is 15.2 Å². The maximum Gasteiger partial charge on any atom is 0.408 e. The van der Waals surface area contributed by atoms with Crippen LogP contribution in [-0.2, 0) is 27.4 Å². The van der Waals surface area contributed by atoms with Crippen LogP contribution in [0.15, 0.2) is 94.3 Å². The maximum absolute atomic E-state index is 14.2. The van der Waals surface area contributed by atoms with E-state index < -0.39 is 29.9 Å². The van der Waals surface area contributed by atoms with Crippen LogP contribution >= 0.6 is 0 Å². The van der Waals surface area contributed by atoms with Gasteiger partial charge in [0, 0.05) is 25.4 Å². The highest BCUT2D eigenvalue weighted by Crippen LogP contribution is 2.30. The van der Waals surface area contributed by atoms with Gasteiger partial charge < -0.3 is 30.8 Å². The Morgan fingerprint density at radius 3 is 2.34 bits per heavy atom. The summed E-state index contributed by atoms with van der Waals surface area (Å²) in [5.41, 5.74) is 13.8. The van der Waals surface area contributed by atoms with Gasteiger partial charge in [0.15, 0.2) is 17.3 Å². The molecule has 0 radical (unpaired) electrons. The van der Waals surface area contributed by atoms with Gasteiger partial charge in [0.2, 0.25) is 11.7 Å². The number of aryl methyl sites for hydroxylation is 1. The average molecular weight is 681 g/mol. The van der Waals surface area contributed by atoms with Gasteiger partial charge in [-0.05, 0) is 61.3 Å². The second-order valence-electron chi connectivity index (χ2n) is 12.7. The number of benzene rings is 3. The lowest BCUT2D eigenvalue weighted by Crippen LogP contribution is -2.53. The summed E-state index contributed by atoms with van der Waals surface area (Å²) in [7, 11) is 0. The fraction of sp³-hybridized carbons (Fsp3) is 0.368. The number of oxazole rings is 1. The fourth-order valence-corrected chi connectivity index (χ4v) is 6.39. The SMILES string of the molecule is C[C@H]1CCN(C(=O)[C@@H](CCc2ccccc2)NC(=O)OCc2ccccc2)[C@@H]1C(=O)C[C@@H](CCCN=C(N)N)C(=O)c1nc2ccccc2o1. The van der Waals surface area contributed by atoms with Crippen molar-refractivity contribution >= 4 is 40.6 Å². The quantitative estimate of drug-likeness (QED) is 0.0647. The molecule has 0 aliphatic carbocycles. The Kier molecular flexibility index (Phi) is 12.3. The van der Waals surface area contributed by atoms with E-state index in [1.54, 1.807) is 29.2 Å². The van der Waals surface area contributed by atoms with E-state index in [2.05, 4.69) is 15.3 Å². The highest BCUT2D eigenvalue weighted by molar-refractivity contribution is 6.00. The number of nitrogens with one attached hydrogen (secondary N) is 1. The van der Waals surface area contributed by atoms with Crippen molar-refractivity contribution in [1.29, 1.82) is 0 Å². The number of rotatable bonds is 16. The fourth-order valence-electron chi connectivity index (χ4n) is 6.39. The summed E-state index contributed by atoms with van der Waals surface area (Å²) in [5, 5.41) is 2.77.